The van der Waals surface area contributed by atoms with Crippen LogP contribution in [0.15, 0.2) is 62.7 Å². The van der Waals surface area contributed by atoms with Crippen LogP contribution in [0.4, 0.5) is 11.6 Å². The van der Waals surface area contributed by atoms with Crippen molar-refractivity contribution in [3.8, 4) is 16.2 Å². The first-order valence-corrected chi connectivity index (χ1v) is 27.4. The summed E-state index contributed by atoms with van der Waals surface area (Å²) in [5, 5.41) is 29.1. The van der Waals surface area contributed by atoms with Crippen LogP contribution in [0.3, 0.4) is 0 Å². The van der Waals surface area contributed by atoms with E-state index in [9.17, 15) is 24.6 Å². The van der Waals surface area contributed by atoms with Crippen molar-refractivity contribution in [2.24, 2.45) is 17.6 Å². The van der Waals surface area contributed by atoms with Crippen molar-refractivity contribution in [3.63, 3.8) is 0 Å². The summed E-state index contributed by atoms with van der Waals surface area (Å²) in [5.74, 6) is 1.01. The van der Waals surface area contributed by atoms with Gasteiger partial charge in [0, 0.05) is 106 Å². The zero-order valence-corrected chi connectivity index (χ0v) is 44.5. The van der Waals surface area contributed by atoms with E-state index in [2.05, 4.69) is 37.2 Å². The number of thiazole rings is 1. The third kappa shape index (κ3) is 11.9. The summed E-state index contributed by atoms with van der Waals surface area (Å²) >= 11 is 9.95. The first-order valence-electron chi connectivity index (χ1n) is 25.3. The molecule has 5 N–H and O–H groups in total. The zero-order valence-electron chi connectivity index (χ0n) is 42.1. The molecule has 4 aromatic heterocycles. The number of hydrogen-bond acceptors (Lipinski definition) is 17. The van der Waals surface area contributed by atoms with E-state index in [0.717, 1.165) is 52.5 Å². The summed E-state index contributed by atoms with van der Waals surface area (Å²) in [5.41, 5.74) is 11.8. The number of aliphatic hydroxyl groups is 2. The van der Waals surface area contributed by atoms with E-state index in [-0.39, 0.29) is 67.3 Å². The lowest BCUT2D eigenvalue weighted by Crippen LogP contribution is -2.48. The molecule has 4 fully saturated rings. The number of carbonyl (C=O) groups is 3. The number of ether oxygens (including phenoxy) is 1. The van der Waals surface area contributed by atoms with Gasteiger partial charge >= 0.3 is 0 Å². The minimum Gasteiger partial charge on any atom is -0.490 e. The van der Waals surface area contributed by atoms with Gasteiger partial charge in [-0.1, -0.05) is 54.5 Å². The average Bonchev–Trinajstić information content (AvgIpc) is 4.13. The molecule has 3 atom stereocenters. The second-order valence-corrected chi connectivity index (χ2v) is 22.8. The largest absolute Gasteiger partial charge is 0.490 e. The Bertz CT molecular complexity index is 2770. The number of aliphatic hydroxyl groups excluding tert-OH is 2. The van der Waals surface area contributed by atoms with E-state index in [4.69, 9.17) is 36.6 Å². The molecule has 0 spiro atoms. The number of carbonyl (C=O) groups excluding carboxylic acids is 3. The first kappa shape index (κ1) is 52.5. The Labute approximate surface area is 439 Å². The Morgan fingerprint density at radius 3 is 2.41 bits per heavy atom. The summed E-state index contributed by atoms with van der Waals surface area (Å²) in [6, 6.07) is 8.68. The lowest BCUT2D eigenvalue weighted by Gasteiger charge is -2.38. The summed E-state index contributed by atoms with van der Waals surface area (Å²) in [4.78, 5) is 70.1. The lowest BCUT2D eigenvalue weighted by molar-refractivity contribution is -0.141. The molecule has 0 radical (unpaired) electrons. The molecular formula is C52H66ClN11O7S2. The fourth-order valence-corrected chi connectivity index (χ4v) is 12.4. The maximum Gasteiger partial charge on any atom is 0.243 e. The summed E-state index contributed by atoms with van der Waals surface area (Å²) in [7, 11) is 0. The molecule has 4 saturated heterocycles. The number of aryl methyl sites for hydroxylation is 2. The topological polar surface area (TPSA) is 229 Å². The molecular weight excluding hydrogens is 990 g/mol. The van der Waals surface area contributed by atoms with Crippen LogP contribution in [0, 0.1) is 25.7 Å². The number of piperidine rings is 3. The average molecular weight is 1060 g/mol. The Hall–Kier alpha value is -5.38. The molecule has 0 saturated carbocycles. The minimum absolute atomic E-state index is 0.0441. The van der Waals surface area contributed by atoms with Crippen LogP contribution >= 0.6 is 34.7 Å². The van der Waals surface area contributed by atoms with Gasteiger partial charge in [-0.3, -0.25) is 14.4 Å². The van der Waals surface area contributed by atoms with E-state index in [1.165, 1.54) is 16.7 Å². The van der Waals surface area contributed by atoms with Crippen LogP contribution in [-0.2, 0) is 27.5 Å². The third-order valence-corrected chi connectivity index (χ3v) is 17.1. The lowest BCUT2D eigenvalue weighted by atomic mass is 9.91. The Kier molecular flexibility index (Phi) is 16.3. The van der Waals surface area contributed by atoms with Gasteiger partial charge in [0.25, 0.3) is 0 Å². The molecule has 3 amide bonds. The normalized spacial score (nSPS) is 20.2. The molecule has 4 aliphatic rings. The Balaban J connectivity index is 0.796. The smallest absolute Gasteiger partial charge is 0.243 e. The quantitative estimate of drug-likeness (QED) is 0.0875. The van der Waals surface area contributed by atoms with Crippen molar-refractivity contribution >= 4 is 64.1 Å². The standard InChI is InChI=1S/C52H66ClN11O7S2/c1-30(2)44(41-22-31(3)60-71-41)51(69)64-27-36(66)24-39(64)49(67)57-25-35-7-6-34(46-32(4)58-29-72-46)23-40(35)70-37-11-18-63(19-12-37)50(68)33-9-16-61(17-10-33)48-45(53)42(8-15-55-48)73-43-26-56-47(38(28-65)59-43)62-20-13-52(5,54)14-21-62/h6-8,15,22-23,26,29-30,33,36-37,39,44,65-66H,9-14,16-21,24-25,27-28,54H2,1-5H3,(H,57,67)/t36-,39+,44?/m1/s1. The molecule has 9 rings (SSSR count). The van der Waals surface area contributed by atoms with Gasteiger partial charge in [-0.2, -0.15) is 0 Å². The predicted molar refractivity (Wildman–Crippen MR) is 280 cm³/mol. The maximum absolute atomic E-state index is 14.0. The number of benzene rings is 1. The van der Waals surface area contributed by atoms with Crippen LogP contribution < -0.4 is 25.6 Å². The molecule has 8 heterocycles. The molecule has 4 aliphatic heterocycles. The number of rotatable bonds is 15. The predicted octanol–water partition coefficient (Wildman–Crippen LogP) is 6.52. The molecule has 21 heteroatoms. The fraction of sp³-hybridized carbons (Fsp3) is 0.538. The third-order valence-electron chi connectivity index (χ3n) is 14.7. The number of β-amino-alcohol motifs (C(OH)–C–C–N with tert-alkyl or cyclic N) is 1. The maximum atomic E-state index is 14.0. The highest BCUT2D eigenvalue weighted by molar-refractivity contribution is 7.99. The van der Waals surface area contributed by atoms with Gasteiger partial charge < -0.3 is 50.1 Å². The van der Waals surface area contributed by atoms with Crippen LogP contribution in [0.2, 0.25) is 5.02 Å². The highest BCUT2D eigenvalue weighted by Crippen LogP contribution is 2.40. The number of hydrogen-bond donors (Lipinski definition) is 4. The highest BCUT2D eigenvalue weighted by Gasteiger charge is 2.43. The van der Waals surface area contributed by atoms with Crippen molar-refractivity contribution < 1.29 is 33.9 Å². The van der Waals surface area contributed by atoms with Gasteiger partial charge in [0.2, 0.25) is 17.7 Å². The van der Waals surface area contributed by atoms with Crippen LogP contribution in [0.5, 0.6) is 5.75 Å². The van der Waals surface area contributed by atoms with E-state index in [0.29, 0.717) is 96.4 Å². The minimum atomic E-state index is -0.864. The van der Waals surface area contributed by atoms with E-state index < -0.39 is 18.1 Å². The van der Waals surface area contributed by atoms with Gasteiger partial charge in [-0.15, -0.1) is 11.3 Å². The number of pyridine rings is 1. The monoisotopic (exact) mass is 1060 g/mol. The van der Waals surface area contributed by atoms with Crippen molar-refractivity contribution in [3.05, 3.63) is 81.7 Å². The molecule has 0 aliphatic carbocycles. The van der Waals surface area contributed by atoms with Crippen molar-refractivity contribution in [2.45, 2.75) is 132 Å². The SMILES string of the molecule is Cc1cc(C(C(=O)N2C[C@H](O)C[C@H]2C(=O)NCc2ccc(-c3scnc3C)cc2OC2CCN(C(=O)C3CCN(c4nccc(Sc5cnc(N6CCC(C)(N)CC6)c(CO)n5)c4Cl)CC3)CC2)C(C)C)on1. The molecule has 1 unspecified atom stereocenters. The second kappa shape index (κ2) is 22.6. The zero-order chi connectivity index (χ0) is 51.6. The van der Waals surface area contributed by atoms with Crippen LogP contribution in [-0.4, -0.2) is 132 Å². The molecule has 73 heavy (non-hydrogen) atoms. The number of nitrogens with two attached hydrogens (primary N) is 1. The molecule has 0 bridgehead atoms. The van der Waals surface area contributed by atoms with E-state index >= 15 is 0 Å². The second-order valence-electron chi connectivity index (χ2n) is 20.5. The molecule has 1 aromatic carbocycles. The van der Waals surface area contributed by atoms with Gasteiger partial charge in [0.15, 0.2) is 5.82 Å². The summed E-state index contributed by atoms with van der Waals surface area (Å²) in [6.07, 6.45) is 6.85. The number of nitrogens with zero attached hydrogens (tertiary/aromatic N) is 9. The summed E-state index contributed by atoms with van der Waals surface area (Å²) in [6.45, 7) is 13.5. The Morgan fingerprint density at radius 2 is 1.74 bits per heavy atom. The summed E-state index contributed by atoms with van der Waals surface area (Å²) < 4.78 is 12.3. The van der Waals surface area contributed by atoms with Gasteiger partial charge in [-0.05, 0) is 70.1 Å². The number of amides is 3. The first-order chi connectivity index (χ1) is 35.0. The van der Waals surface area contributed by atoms with E-state index in [1.807, 2.05) is 55.4 Å². The fourth-order valence-electron chi connectivity index (χ4n) is 10.4. The Morgan fingerprint density at radius 1 is 1.00 bits per heavy atom. The van der Waals surface area contributed by atoms with E-state index in [1.54, 1.807) is 36.7 Å². The van der Waals surface area contributed by atoms with Crippen molar-refractivity contribution in [2.75, 3.05) is 55.6 Å². The molecule has 18 nitrogen and oxygen atoms in total. The van der Waals surface area contributed by atoms with Crippen LogP contribution in [0.25, 0.3) is 10.4 Å². The van der Waals surface area contributed by atoms with Crippen molar-refractivity contribution in [1.29, 1.82) is 0 Å². The van der Waals surface area contributed by atoms with Crippen molar-refractivity contribution in [1.82, 2.24) is 40.2 Å². The highest BCUT2D eigenvalue weighted by atomic mass is 35.5. The molecule has 390 valence electrons. The van der Waals surface area contributed by atoms with Gasteiger partial charge in [0.1, 0.15) is 46.1 Å². The van der Waals surface area contributed by atoms with Crippen LogP contribution in [0.1, 0.15) is 100 Å². The number of aromatic nitrogens is 5. The number of anilines is 2. The number of nitrogens with one attached hydrogen (secondary N) is 1. The van der Waals surface area contributed by atoms with Gasteiger partial charge in [-0.25, -0.2) is 19.9 Å². The number of halogens is 1. The van der Waals surface area contributed by atoms with Gasteiger partial charge in [0.05, 0.1) is 45.7 Å². The molecule has 5 aromatic rings. The number of likely N-dealkylation sites (tertiary alicyclic amines) is 2.